The normalized spacial score (nSPS) is 11.5. The highest BCUT2D eigenvalue weighted by atomic mass is 14.9. The van der Waals surface area contributed by atoms with Gasteiger partial charge in [0.2, 0.25) is 0 Å². The molecule has 10 aromatic rings. The van der Waals surface area contributed by atoms with E-state index >= 15 is 0 Å². The van der Waals surface area contributed by atoms with Crippen LogP contribution in [0.5, 0.6) is 0 Å². The van der Waals surface area contributed by atoms with Crippen LogP contribution < -0.4 is 0 Å². The summed E-state index contributed by atoms with van der Waals surface area (Å²) in [6.45, 7) is 0. The molecule has 0 bridgehead atoms. The smallest absolute Gasteiger partial charge is 0.160 e. The molecule has 0 radical (unpaired) electrons. The van der Waals surface area contributed by atoms with Crippen LogP contribution in [0.15, 0.2) is 182 Å². The zero-order valence-corrected chi connectivity index (χ0v) is 28.1. The summed E-state index contributed by atoms with van der Waals surface area (Å²) in [7, 11) is 0. The van der Waals surface area contributed by atoms with Crippen LogP contribution in [0.1, 0.15) is 0 Å². The molecule has 4 heteroatoms. The zero-order valence-electron chi connectivity index (χ0n) is 28.1. The summed E-state index contributed by atoms with van der Waals surface area (Å²) in [6.07, 6.45) is 3.67. The van der Waals surface area contributed by atoms with Crippen LogP contribution in [0.2, 0.25) is 0 Å². The Morgan fingerprint density at radius 3 is 1.21 bits per heavy atom. The molecule has 0 fully saturated rings. The molecule has 0 unspecified atom stereocenters. The quantitative estimate of drug-likeness (QED) is 0.184. The molecule has 0 spiro atoms. The molecule has 3 aromatic heterocycles. The molecule has 242 valence electrons. The number of hydrogen-bond donors (Lipinski definition) is 0. The molecule has 0 atom stereocenters. The lowest BCUT2D eigenvalue weighted by Crippen LogP contribution is -1.97. The third kappa shape index (κ3) is 5.53. The van der Waals surface area contributed by atoms with Crippen molar-refractivity contribution in [2.45, 2.75) is 0 Å². The van der Waals surface area contributed by atoms with Gasteiger partial charge in [-0.25, -0.2) is 9.97 Å². The number of rotatable bonds is 5. The Labute approximate surface area is 300 Å². The van der Waals surface area contributed by atoms with E-state index in [-0.39, 0.29) is 0 Å². The van der Waals surface area contributed by atoms with Gasteiger partial charge in [-0.05, 0) is 117 Å². The number of fused-ring (bicyclic) bond motifs is 4. The predicted octanol–water partition coefficient (Wildman–Crippen LogP) is 12.2. The molecule has 3 heterocycles. The first kappa shape index (κ1) is 29.8. The number of nitrogens with zero attached hydrogens (tertiary/aromatic N) is 4. The number of pyridine rings is 2. The maximum absolute atomic E-state index is 5.31. The van der Waals surface area contributed by atoms with Gasteiger partial charge >= 0.3 is 0 Å². The van der Waals surface area contributed by atoms with Crippen molar-refractivity contribution >= 4 is 43.4 Å². The third-order valence-electron chi connectivity index (χ3n) is 9.88. The molecule has 0 aliphatic carbocycles. The monoisotopic (exact) mass is 662 g/mol. The summed E-state index contributed by atoms with van der Waals surface area (Å²) < 4.78 is 0. The van der Waals surface area contributed by atoms with Gasteiger partial charge in [0.05, 0.1) is 22.4 Å². The Morgan fingerprint density at radius 2 is 0.692 bits per heavy atom. The molecule has 0 aliphatic rings. The standard InChI is InChI=1S/C48H30N4/c1-3-9-33-23-39(15-13-31(33)7-1)46-30-47(40-16-14-32-8-2-4-10-34(32)24-40)52-48(51-46)43-28-41(35-17-19-44-37(25-35)11-5-21-49-44)27-42(29-43)36-18-20-45-38(26-36)12-6-22-50-45/h1-30H. The van der Waals surface area contributed by atoms with Gasteiger partial charge in [0.15, 0.2) is 5.82 Å². The maximum Gasteiger partial charge on any atom is 0.160 e. The van der Waals surface area contributed by atoms with Crippen molar-refractivity contribution in [3.05, 3.63) is 182 Å². The summed E-state index contributed by atoms with van der Waals surface area (Å²) in [5, 5.41) is 6.93. The van der Waals surface area contributed by atoms with Gasteiger partial charge in [0.1, 0.15) is 0 Å². The van der Waals surface area contributed by atoms with Crippen molar-refractivity contribution in [2.24, 2.45) is 0 Å². The average Bonchev–Trinajstić information content (AvgIpc) is 3.22. The first-order valence-electron chi connectivity index (χ1n) is 17.4. The Morgan fingerprint density at radius 1 is 0.269 bits per heavy atom. The van der Waals surface area contributed by atoms with E-state index in [0.29, 0.717) is 5.82 Å². The van der Waals surface area contributed by atoms with Gasteiger partial charge in [0, 0.05) is 39.9 Å². The van der Waals surface area contributed by atoms with Crippen LogP contribution in [-0.2, 0) is 0 Å². The van der Waals surface area contributed by atoms with E-state index in [1.165, 1.54) is 21.5 Å². The van der Waals surface area contributed by atoms with E-state index in [1.54, 1.807) is 0 Å². The van der Waals surface area contributed by atoms with E-state index in [0.717, 1.165) is 72.1 Å². The minimum absolute atomic E-state index is 0.668. The summed E-state index contributed by atoms with van der Waals surface area (Å²) >= 11 is 0. The number of hydrogen-bond acceptors (Lipinski definition) is 4. The Balaban J connectivity index is 1.21. The second-order valence-corrected chi connectivity index (χ2v) is 13.2. The first-order valence-corrected chi connectivity index (χ1v) is 17.4. The van der Waals surface area contributed by atoms with E-state index in [9.17, 15) is 0 Å². The Hall–Kier alpha value is -7.04. The van der Waals surface area contributed by atoms with Crippen molar-refractivity contribution in [2.75, 3.05) is 0 Å². The Kier molecular flexibility index (Phi) is 7.10. The second kappa shape index (κ2) is 12.4. The lowest BCUT2D eigenvalue weighted by atomic mass is 9.94. The van der Waals surface area contributed by atoms with E-state index in [4.69, 9.17) is 9.97 Å². The molecule has 0 saturated carbocycles. The lowest BCUT2D eigenvalue weighted by Gasteiger charge is -2.14. The van der Waals surface area contributed by atoms with Crippen molar-refractivity contribution in [3.8, 4) is 56.2 Å². The van der Waals surface area contributed by atoms with Crippen LogP contribution in [-0.4, -0.2) is 19.9 Å². The van der Waals surface area contributed by atoms with Crippen LogP contribution in [0.25, 0.3) is 99.5 Å². The van der Waals surface area contributed by atoms with Crippen molar-refractivity contribution in [1.82, 2.24) is 19.9 Å². The van der Waals surface area contributed by atoms with Crippen LogP contribution in [0.3, 0.4) is 0 Å². The van der Waals surface area contributed by atoms with Crippen LogP contribution in [0, 0.1) is 0 Å². The van der Waals surface area contributed by atoms with Crippen LogP contribution >= 0.6 is 0 Å². The third-order valence-corrected chi connectivity index (χ3v) is 9.88. The summed E-state index contributed by atoms with van der Waals surface area (Å²) in [5.41, 5.74) is 11.1. The molecule has 10 rings (SSSR count). The fourth-order valence-corrected chi connectivity index (χ4v) is 7.17. The van der Waals surface area contributed by atoms with Gasteiger partial charge in [-0.15, -0.1) is 0 Å². The largest absolute Gasteiger partial charge is 0.256 e. The molecule has 4 nitrogen and oxygen atoms in total. The number of benzene rings is 7. The predicted molar refractivity (Wildman–Crippen MR) is 215 cm³/mol. The molecule has 0 aliphatic heterocycles. The van der Waals surface area contributed by atoms with Crippen molar-refractivity contribution in [1.29, 1.82) is 0 Å². The zero-order chi connectivity index (χ0) is 34.4. The highest BCUT2D eigenvalue weighted by Crippen LogP contribution is 2.36. The topological polar surface area (TPSA) is 51.6 Å². The first-order chi connectivity index (χ1) is 25.7. The van der Waals surface area contributed by atoms with Gasteiger partial charge < -0.3 is 0 Å². The second-order valence-electron chi connectivity index (χ2n) is 13.2. The van der Waals surface area contributed by atoms with E-state index in [1.807, 2.05) is 24.5 Å². The van der Waals surface area contributed by atoms with E-state index < -0.39 is 0 Å². The molecule has 0 amide bonds. The van der Waals surface area contributed by atoms with E-state index in [2.05, 4.69) is 168 Å². The van der Waals surface area contributed by atoms with Crippen LogP contribution in [0.4, 0.5) is 0 Å². The molecule has 52 heavy (non-hydrogen) atoms. The fraction of sp³-hybridized carbons (Fsp3) is 0. The molecular weight excluding hydrogens is 633 g/mol. The Bertz CT molecular complexity index is 2580. The molecule has 0 N–H and O–H groups in total. The van der Waals surface area contributed by atoms with Gasteiger partial charge in [0.25, 0.3) is 0 Å². The lowest BCUT2D eigenvalue weighted by molar-refractivity contribution is 1.18. The molecule has 7 aromatic carbocycles. The van der Waals surface area contributed by atoms with Crippen molar-refractivity contribution < 1.29 is 0 Å². The summed E-state index contributed by atoms with van der Waals surface area (Å²) in [4.78, 5) is 19.7. The minimum atomic E-state index is 0.668. The molecule has 0 saturated heterocycles. The van der Waals surface area contributed by atoms with Gasteiger partial charge in [-0.3, -0.25) is 9.97 Å². The number of aromatic nitrogens is 4. The average molecular weight is 663 g/mol. The molecular formula is C48H30N4. The maximum atomic E-state index is 5.31. The highest BCUT2D eigenvalue weighted by molar-refractivity contribution is 5.92. The minimum Gasteiger partial charge on any atom is -0.256 e. The van der Waals surface area contributed by atoms with Gasteiger partial charge in [-0.1, -0.05) is 97.1 Å². The SMILES string of the molecule is c1ccc2cc(-c3cc(-c4ccc5ccccc5c4)nc(-c4cc(-c5ccc6ncccc6c5)cc(-c5ccc6ncccc6c5)c4)n3)ccc2c1. The highest BCUT2D eigenvalue weighted by Gasteiger charge is 2.15. The fourth-order valence-electron chi connectivity index (χ4n) is 7.17. The van der Waals surface area contributed by atoms with Crippen molar-refractivity contribution in [3.63, 3.8) is 0 Å². The summed E-state index contributed by atoms with van der Waals surface area (Å²) in [5.74, 6) is 0.668. The van der Waals surface area contributed by atoms with Gasteiger partial charge in [-0.2, -0.15) is 0 Å². The summed E-state index contributed by atoms with van der Waals surface area (Å²) in [6, 6.07) is 59.9.